The third-order valence-electron chi connectivity index (χ3n) is 4.57. The minimum absolute atomic E-state index is 0.0219. The molecule has 1 fully saturated rings. The van der Waals surface area contributed by atoms with Gasteiger partial charge in [-0.15, -0.1) is 0 Å². The Morgan fingerprint density at radius 1 is 1.40 bits per heavy atom. The molecule has 0 saturated carbocycles. The molecule has 1 unspecified atom stereocenters. The van der Waals surface area contributed by atoms with Crippen LogP contribution in [0.1, 0.15) is 24.0 Å². The van der Waals surface area contributed by atoms with E-state index in [0.717, 1.165) is 17.7 Å². The van der Waals surface area contributed by atoms with Gasteiger partial charge in [0.2, 0.25) is 5.91 Å². The standard InChI is InChI=1S/C19H26N4O2/c1-14(12-25-13-15-6-4-3-5-7-15)22-19(24)18-10-20-9-17(18)16-8-21-23(2)11-16/h3-8,11,14,17-18,20H,9-10,12-13H2,1-2H3,(H,22,24)/t14?,17-,18+/m1/s1. The fourth-order valence-electron chi connectivity index (χ4n) is 3.26. The van der Waals surface area contributed by atoms with E-state index >= 15 is 0 Å². The molecule has 1 aliphatic rings. The highest BCUT2D eigenvalue weighted by atomic mass is 16.5. The Labute approximate surface area is 148 Å². The smallest absolute Gasteiger partial charge is 0.225 e. The number of benzene rings is 1. The van der Waals surface area contributed by atoms with E-state index < -0.39 is 0 Å². The topological polar surface area (TPSA) is 68.2 Å². The molecule has 134 valence electrons. The van der Waals surface area contributed by atoms with Crippen LogP contribution in [0.4, 0.5) is 0 Å². The number of nitrogens with one attached hydrogen (secondary N) is 2. The summed E-state index contributed by atoms with van der Waals surface area (Å²) in [5.41, 5.74) is 2.25. The molecule has 1 aromatic heterocycles. The molecule has 2 N–H and O–H groups in total. The Bertz CT molecular complexity index is 686. The third-order valence-corrected chi connectivity index (χ3v) is 4.57. The lowest BCUT2D eigenvalue weighted by atomic mass is 9.90. The Hall–Kier alpha value is -2.18. The highest BCUT2D eigenvalue weighted by Gasteiger charge is 2.35. The summed E-state index contributed by atoms with van der Waals surface area (Å²) in [5, 5.41) is 10.6. The van der Waals surface area contributed by atoms with Gasteiger partial charge in [-0.2, -0.15) is 5.10 Å². The molecule has 6 nitrogen and oxygen atoms in total. The summed E-state index contributed by atoms with van der Waals surface area (Å²) < 4.78 is 7.50. The highest BCUT2D eigenvalue weighted by molar-refractivity contribution is 5.80. The lowest BCUT2D eigenvalue weighted by Crippen LogP contribution is -2.41. The van der Waals surface area contributed by atoms with Crippen molar-refractivity contribution in [1.82, 2.24) is 20.4 Å². The monoisotopic (exact) mass is 342 g/mol. The molecule has 2 heterocycles. The average Bonchev–Trinajstić information content (AvgIpc) is 3.24. The predicted octanol–water partition coefficient (Wildman–Crippen LogP) is 1.44. The van der Waals surface area contributed by atoms with E-state index in [-0.39, 0.29) is 23.8 Å². The summed E-state index contributed by atoms with van der Waals surface area (Å²) in [5.74, 6) is 0.182. The van der Waals surface area contributed by atoms with E-state index in [9.17, 15) is 4.79 Å². The van der Waals surface area contributed by atoms with Crippen LogP contribution in [-0.2, 0) is 23.2 Å². The highest BCUT2D eigenvalue weighted by Crippen LogP contribution is 2.27. The van der Waals surface area contributed by atoms with Gasteiger partial charge in [0.1, 0.15) is 0 Å². The number of carbonyl (C=O) groups is 1. The summed E-state index contributed by atoms with van der Waals surface area (Å²) >= 11 is 0. The first-order chi connectivity index (χ1) is 12.1. The maximum atomic E-state index is 12.6. The molecule has 2 aromatic rings. The molecule has 3 atom stereocenters. The summed E-state index contributed by atoms with van der Waals surface area (Å²) in [7, 11) is 1.90. The fourth-order valence-corrected chi connectivity index (χ4v) is 3.26. The fraction of sp³-hybridized carbons (Fsp3) is 0.474. The minimum Gasteiger partial charge on any atom is -0.375 e. The number of aromatic nitrogens is 2. The summed E-state index contributed by atoms with van der Waals surface area (Å²) in [6.07, 6.45) is 3.84. The summed E-state index contributed by atoms with van der Waals surface area (Å²) in [6, 6.07) is 10.0. The van der Waals surface area contributed by atoms with Crippen molar-refractivity contribution in [2.45, 2.75) is 25.5 Å². The molecule has 0 bridgehead atoms. The van der Waals surface area contributed by atoms with Crippen molar-refractivity contribution in [2.24, 2.45) is 13.0 Å². The second-order valence-corrected chi connectivity index (χ2v) is 6.73. The Balaban J connectivity index is 1.47. The van der Waals surface area contributed by atoms with Crippen LogP contribution in [0.5, 0.6) is 0 Å². The number of ether oxygens (including phenoxy) is 1. The van der Waals surface area contributed by atoms with Crippen LogP contribution in [0.15, 0.2) is 42.7 Å². The number of aryl methyl sites for hydroxylation is 1. The number of hydrogen-bond acceptors (Lipinski definition) is 4. The Kier molecular flexibility index (Phi) is 5.83. The van der Waals surface area contributed by atoms with E-state index in [2.05, 4.69) is 15.7 Å². The quantitative estimate of drug-likeness (QED) is 0.799. The van der Waals surface area contributed by atoms with E-state index in [1.54, 1.807) is 4.68 Å². The molecule has 6 heteroatoms. The summed E-state index contributed by atoms with van der Waals surface area (Å²) in [4.78, 5) is 12.6. The number of hydrogen-bond donors (Lipinski definition) is 2. The molecule has 0 spiro atoms. The zero-order valence-electron chi connectivity index (χ0n) is 14.8. The third kappa shape index (κ3) is 4.67. The van der Waals surface area contributed by atoms with E-state index in [0.29, 0.717) is 19.8 Å². The molecule has 0 radical (unpaired) electrons. The number of amides is 1. The number of nitrogens with zero attached hydrogens (tertiary/aromatic N) is 2. The van der Waals surface area contributed by atoms with Gasteiger partial charge in [-0.3, -0.25) is 9.48 Å². The molecule has 3 rings (SSSR count). The second kappa shape index (κ2) is 8.27. The first-order valence-corrected chi connectivity index (χ1v) is 8.75. The minimum atomic E-state index is -0.0687. The number of rotatable bonds is 7. The largest absolute Gasteiger partial charge is 0.375 e. The number of carbonyl (C=O) groups excluding carboxylic acids is 1. The van der Waals surface area contributed by atoms with Gasteiger partial charge in [0.15, 0.2) is 0 Å². The van der Waals surface area contributed by atoms with Crippen molar-refractivity contribution >= 4 is 5.91 Å². The van der Waals surface area contributed by atoms with Gasteiger partial charge in [0.25, 0.3) is 0 Å². The first-order valence-electron chi connectivity index (χ1n) is 8.75. The van der Waals surface area contributed by atoms with Crippen molar-refractivity contribution in [3.8, 4) is 0 Å². The first kappa shape index (κ1) is 17.6. The van der Waals surface area contributed by atoms with Crippen molar-refractivity contribution in [3.63, 3.8) is 0 Å². The van der Waals surface area contributed by atoms with E-state index in [4.69, 9.17) is 4.74 Å². The average molecular weight is 342 g/mol. The lowest BCUT2D eigenvalue weighted by molar-refractivity contribution is -0.125. The van der Waals surface area contributed by atoms with E-state index in [1.807, 2.05) is 56.7 Å². The second-order valence-electron chi connectivity index (χ2n) is 6.73. The zero-order chi connectivity index (χ0) is 17.6. The SMILES string of the molecule is CC(COCc1ccccc1)NC(=O)[C@H]1CNC[C@@H]1c1cnn(C)c1. The molecule has 1 amide bonds. The van der Waals surface area contributed by atoms with Crippen LogP contribution in [0, 0.1) is 5.92 Å². The van der Waals surface area contributed by atoms with Crippen LogP contribution in [0.25, 0.3) is 0 Å². The molecule has 25 heavy (non-hydrogen) atoms. The van der Waals surface area contributed by atoms with Gasteiger partial charge in [0.05, 0.1) is 25.3 Å². The van der Waals surface area contributed by atoms with E-state index in [1.165, 1.54) is 0 Å². The van der Waals surface area contributed by atoms with Crippen molar-refractivity contribution < 1.29 is 9.53 Å². The van der Waals surface area contributed by atoms with Crippen LogP contribution >= 0.6 is 0 Å². The Morgan fingerprint density at radius 2 is 2.20 bits per heavy atom. The van der Waals surface area contributed by atoms with Crippen molar-refractivity contribution in [2.75, 3.05) is 19.7 Å². The van der Waals surface area contributed by atoms with Gasteiger partial charge in [-0.05, 0) is 18.1 Å². The predicted molar refractivity (Wildman–Crippen MR) is 96.0 cm³/mol. The molecule has 0 aliphatic carbocycles. The van der Waals surface area contributed by atoms with Crippen LogP contribution in [0.2, 0.25) is 0 Å². The van der Waals surface area contributed by atoms with Crippen molar-refractivity contribution in [3.05, 3.63) is 53.9 Å². The molecular weight excluding hydrogens is 316 g/mol. The maximum absolute atomic E-state index is 12.6. The van der Waals surface area contributed by atoms with Gasteiger partial charge in [-0.1, -0.05) is 30.3 Å². The van der Waals surface area contributed by atoms with Crippen molar-refractivity contribution in [1.29, 1.82) is 0 Å². The summed E-state index contributed by atoms with van der Waals surface area (Å²) in [6.45, 7) is 4.54. The van der Waals surface area contributed by atoms with Crippen LogP contribution in [0.3, 0.4) is 0 Å². The molecule has 1 aliphatic heterocycles. The molecule has 1 saturated heterocycles. The zero-order valence-corrected chi connectivity index (χ0v) is 14.8. The van der Waals surface area contributed by atoms with Gasteiger partial charge >= 0.3 is 0 Å². The normalized spacial score (nSPS) is 21.2. The molecular formula is C19H26N4O2. The van der Waals surface area contributed by atoms with Gasteiger partial charge in [0, 0.05) is 38.3 Å². The van der Waals surface area contributed by atoms with Crippen LogP contribution < -0.4 is 10.6 Å². The van der Waals surface area contributed by atoms with Crippen LogP contribution in [-0.4, -0.2) is 41.4 Å². The van der Waals surface area contributed by atoms with Gasteiger partial charge < -0.3 is 15.4 Å². The lowest BCUT2D eigenvalue weighted by Gasteiger charge is -2.20. The van der Waals surface area contributed by atoms with Gasteiger partial charge in [-0.25, -0.2) is 0 Å². The maximum Gasteiger partial charge on any atom is 0.225 e. The Morgan fingerprint density at radius 3 is 2.92 bits per heavy atom. The molecule has 1 aromatic carbocycles.